The third-order valence-corrected chi connectivity index (χ3v) is 2.86. The van der Waals surface area contributed by atoms with E-state index in [-0.39, 0.29) is 17.2 Å². The van der Waals surface area contributed by atoms with Gasteiger partial charge in [0.2, 0.25) is 5.75 Å². The lowest BCUT2D eigenvalue weighted by molar-refractivity contribution is 0.367. The minimum atomic E-state index is -0.552. The minimum absolute atomic E-state index is 0.180. The predicted molar refractivity (Wildman–Crippen MR) is 72.3 cm³/mol. The van der Waals surface area contributed by atoms with Crippen LogP contribution in [0.15, 0.2) is 43.0 Å². The molecule has 98 valence electrons. The highest BCUT2D eigenvalue weighted by Crippen LogP contribution is 2.40. The van der Waals surface area contributed by atoms with Crippen molar-refractivity contribution in [1.29, 1.82) is 0 Å². The van der Waals surface area contributed by atoms with Crippen LogP contribution in [0.3, 0.4) is 0 Å². The first-order valence-electron chi connectivity index (χ1n) is 5.69. The Labute approximate surface area is 110 Å². The van der Waals surface area contributed by atoms with Crippen molar-refractivity contribution < 1.29 is 20.4 Å². The van der Waals surface area contributed by atoms with Gasteiger partial charge in [0, 0.05) is 5.56 Å². The van der Waals surface area contributed by atoms with E-state index in [1.807, 2.05) is 0 Å². The van der Waals surface area contributed by atoms with Crippen molar-refractivity contribution in [2.75, 3.05) is 0 Å². The van der Waals surface area contributed by atoms with E-state index in [1.165, 1.54) is 12.1 Å². The van der Waals surface area contributed by atoms with Crippen LogP contribution < -0.4 is 0 Å². The standard InChI is InChI=1S/C15H14O4/c1-9(8-10-2-4-11(16)5-3-10)12-6-7-13(17)15(19)14(12)18/h2-7,16-19H,1,8H2. The molecule has 0 aliphatic heterocycles. The number of aromatic hydroxyl groups is 4. The molecule has 2 aromatic rings. The summed E-state index contributed by atoms with van der Waals surface area (Å²) in [5, 5.41) is 37.7. The molecular weight excluding hydrogens is 244 g/mol. The van der Waals surface area contributed by atoms with E-state index < -0.39 is 5.75 Å². The number of phenolic OH excluding ortho intramolecular Hbond substituents is 4. The van der Waals surface area contributed by atoms with Crippen LogP contribution in [0.5, 0.6) is 23.0 Å². The summed E-state index contributed by atoms with van der Waals surface area (Å²) < 4.78 is 0. The third kappa shape index (κ3) is 2.63. The highest BCUT2D eigenvalue weighted by molar-refractivity contribution is 5.74. The van der Waals surface area contributed by atoms with Crippen molar-refractivity contribution in [3.8, 4) is 23.0 Å². The van der Waals surface area contributed by atoms with Gasteiger partial charge in [-0.05, 0) is 41.8 Å². The number of hydrogen-bond donors (Lipinski definition) is 4. The van der Waals surface area contributed by atoms with Crippen LogP contribution in [0.4, 0.5) is 0 Å². The second-order valence-corrected chi connectivity index (χ2v) is 4.28. The first-order valence-corrected chi connectivity index (χ1v) is 5.69. The van der Waals surface area contributed by atoms with Gasteiger partial charge in [-0.1, -0.05) is 18.7 Å². The molecule has 0 aromatic heterocycles. The Kier molecular flexibility index (Phi) is 3.33. The maximum Gasteiger partial charge on any atom is 0.200 e. The molecule has 0 atom stereocenters. The summed E-state index contributed by atoms with van der Waals surface area (Å²) in [6.07, 6.45) is 0.456. The van der Waals surface area contributed by atoms with Gasteiger partial charge in [-0.2, -0.15) is 0 Å². The van der Waals surface area contributed by atoms with E-state index in [0.29, 0.717) is 17.6 Å². The lowest BCUT2D eigenvalue weighted by Crippen LogP contribution is -1.90. The maximum absolute atomic E-state index is 9.76. The van der Waals surface area contributed by atoms with Gasteiger partial charge in [0.25, 0.3) is 0 Å². The van der Waals surface area contributed by atoms with Crippen molar-refractivity contribution in [2.45, 2.75) is 6.42 Å². The largest absolute Gasteiger partial charge is 0.508 e. The van der Waals surface area contributed by atoms with E-state index in [4.69, 9.17) is 0 Å². The summed E-state index contributed by atoms with van der Waals surface area (Å²) in [6.45, 7) is 3.86. The molecule has 4 N–H and O–H groups in total. The summed E-state index contributed by atoms with van der Waals surface area (Å²) in [6, 6.07) is 9.42. The van der Waals surface area contributed by atoms with E-state index in [1.54, 1.807) is 24.3 Å². The Balaban J connectivity index is 2.25. The molecule has 2 rings (SSSR count). The van der Waals surface area contributed by atoms with Gasteiger partial charge in [0.05, 0.1) is 0 Å². The predicted octanol–water partition coefficient (Wildman–Crippen LogP) is 2.76. The molecule has 0 aliphatic carbocycles. The quantitative estimate of drug-likeness (QED) is 0.638. The molecule has 2 aromatic carbocycles. The number of hydrogen-bond acceptors (Lipinski definition) is 4. The van der Waals surface area contributed by atoms with Crippen LogP contribution in [-0.2, 0) is 6.42 Å². The van der Waals surface area contributed by atoms with Crippen LogP contribution in [0.2, 0.25) is 0 Å². The number of rotatable bonds is 3. The molecular formula is C15H14O4. The molecule has 4 nitrogen and oxygen atoms in total. The fourth-order valence-electron chi connectivity index (χ4n) is 1.81. The van der Waals surface area contributed by atoms with Crippen LogP contribution in [0.25, 0.3) is 5.57 Å². The summed E-state index contributed by atoms with van der Waals surface area (Å²) in [7, 11) is 0. The second-order valence-electron chi connectivity index (χ2n) is 4.28. The summed E-state index contributed by atoms with van der Waals surface area (Å²) in [5.74, 6) is -1.13. The van der Waals surface area contributed by atoms with Gasteiger partial charge in [0.15, 0.2) is 11.5 Å². The molecule has 0 fully saturated rings. The molecule has 0 unspecified atom stereocenters. The van der Waals surface area contributed by atoms with Gasteiger partial charge in [0.1, 0.15) is 5.75 Å². The molecule has 0 heterocycles. The average Bonchev–Trinajstić information content (AvgIpc) is 2.39. The Morgan fingerprint density at radius 3 is 2.11 bits per heavy atom. The Morgan fingerprint density at radius 1 is 0.842 bits per heavy atom. The minimum Gasteiger partial charge on any atom is -0.508 e. The first-order chi connectivity index (χ1) is 8.99. The van der Waals surface area contributed by atoms with Crippen molar-refractivity contribution in [3.63, 3.8) is 0 Å². The second kappa shape index (κ2) is 4.94. The van der Waals surface area contributed by atoms with Gasteiger partial charge < -0.3 is 20.4 Å². The average molecular weight is 258 g/mol. The van der Waals surface area contributed by atoms with Gasteiger partial charge in [-0.15, -0.1) is 0 Å². The molecule has 0 amide bonds. The van der Waals surface area contributed by atoms with Crippen molar-refractivity contribution in [2.24, 2.45) is 0 Å². The van der Waals surface area contributed by atoms with E-state index in [0.717, 1.165) is 5.56 Å². The number of phenols is 4. The van der Waals surface area contributed by atoms with E-state index >= 15 is 0 Å². The molecule has 19 heavy (non-hydrogen) atoms. The smallest absolute Gasteiger partial charge is 0.200 e. The highest BCUT2D eigenvalue weighted by Gasteiger charge is 2.13. The highest BCUT2D eigenvalue weighted by atomic mass is 16.3. The summed E-state index contributed by atoms with van der Waals surface area (Å²) in [4.78, 5) is 0. The zero-order valence-electron chi connectivity index (χ0n) is 10.2. The molecule has 0 bridgehead atoms. The lowest BCUT2D eigenvalue weighted by Gasteiger charge is -2.10. The van der Waals surface area contributed by atoms with Crippen molar-refractivity contribution in [1.82, 2.24) is 0 Å². The van der Waals surface area contributed by atoms with E-state index in [9.17, 15) is 20.4 Å². The van der Waals surface area contributed by atoms with Gasteiger partial charge in [-0.3, -0.25) is 0 Å². The van der Waals surface area contributed by atoms with Crippen LogP contribution >= 0.6 is 0 Å². The molecule has 0 saturated heterocycles. The zero-order valence-corrected chi connectivity index (χ0v) is 10.2. The lowest BCUT2D eigenvalue weighted by atomic mass is 9.98. The fraction of sp³-hybridized carbons (Fsp3) is 0.0667. The maximum atomic E-state index is 9.76. The van der Waals surface area contributed by atoms with E-state index in [2.05, 4.69) is 6.58 Å². The number of benzene rings is 2. The van der Waals surface area contributed by atoms with Crippen molar-refractivity contribution >= 4 is 5.57 Å². The molecule has 0 spiro atoms. The normalized spacial score (nSPS) is 10.3. The Bertz CT molecular complexity index is 615. The van der Waals surface area contributed by atoms with Gasteiger partial charge in [-0.25, -0.2) is 0 Å². The SMILES string of the molecule is C=C(Cc1ccc(O)cc1)c1ccc(O)c(O)c1O. The van der Waals surface area contributed by atoms with Crippen LogP contribution in [0, 0.1) is 0 Å². The number of allylic oxidation sites excluding steroid dienone is 1. The third-order valence-electron chi connectivity index (χ3n) is 2.86. The molecule has 0 saturated carbocycles. The van der Waals surface area contributed by atoms with Crippen molar-refractivity contribution in [3.05, 3.63) is 54.1 Å². The molecule has 4 heteroatoms. The zero-order chi connectivity index (χ0) is 14.0. The van der Waals surface area contributed by atoms with Crippen LogP contribution in [0.1, 0.15) is 11.1 Å². The Morgan fingerprint density at radius 2 is 1.47 bits per heavy atom. The summed E-state index contributed by atoms with van der Waals surface area (Å²) >= 11 is 0. The van der Waals surface area contributed by atoms with Gasteiger partial charge >= 0.3 is 0 Å². The Hall–Kier alpha value is -2.62. The van der Waals surface area contributed by atoms with Crippen LogP contribution in [-0.4, -0.2) is 20.4 Å². The first kappa shape index (κ1) is 12.8. The molecule has 0 radical (unpaired) electrons. The monoisotopic (exact) mass is 258 g/mol. The topological polar surface area (TPSA) is 80.9 Å². The summed E-state index contributed by atoms with van der Waals surface area (Å²) in [5.41, 5.74) is 1.89. The molecule has 0 aliphatic rings. The fourth-order valence-corrected chi connectivity index (χ4v) is 1.81.